The van der Waals surface area contributed by atoms with E-state index in [1.807, 2.05) is 30.3 Å². The van der Waals surface area contributed by atoms with Crippen molar-refractivity contribution in [2.75, 3.05) is 13.1 Å². The Hall–Kier alpha value is -4.94. The van der Waals surface area contributed by atoms with E-state index in [0.717, 1.165) is 17.7 Å². The van der Waals surface area contributed by atoms with Crippen molar-refractivity contribution in [2.45, 2.75) is 44.4 Å². The van der Waals surface area contributed by atoms with Gasteiger partial charge >= 0.3 is 12.2 Å². The van der Waals surface area contributed by atoms with E-state index in [1.54, 1.807) is 41.4 Å². The second-order valence-corrected chi connectivity index (χ2v) is 12.4. The normalized spacial score (nSPS) is 18.4. The number of fused-ring (bicyclic) bond motifs is 1. The average molecular weight is 694 g/mol. The number of nitrogens with one attached hydrogen (secondary N) is 1. The number of nitrogens with zero attached hydrogens (tertiary/aromatic N) is 4. The molecule has 4 aromatic carbocycles. The lowest BCUT2D eigenvalue weighted by molar-refractivity contribution is -0.192. The smallest absolute Gasteiger partial charge is 0.333 e. The van der Waals surface area contributed by atoms with Crippen molar-refractivity contribution < 1.29 is 31.9 Å². The van der Waals surface area contributed by atoms with Crippen molar-refractivity contribution in [3.8, 4) is 0 Å². The predicted molar refractivity (Wildman–Crippen MR) is 174 cm³/mol. The molecule has 0 aliphatic carbocycles. The first-order chi connectivity index (χ1) is 23.5. The van der Waals surface area contributed by atoms with Crippen molar-refractivity contribution in [2.24, 2.45) is 0 Å². The van der Waals surface area contributed by atoms with Crippen LogP contribution in [0.2, 0.25) is 5.02 Å². The first-order valence-corrected chi connectivity index (χ1v) is 15.9. The molecular weight excluding hydrogens is 662 g/mol. The van der Waals surface area contributed by atoms with Gasteiger partial charge in [0.1, 0.15) is 18.0 Å². The Bertz CT molecular complexity index is 1810. The molecule has 2 saturated heterocycles. The van der Waals surface area contributed by atoms with E-state index in [2.05, 4.69) is 5.32 Å². The van der Waals surface area contributed by atoms with Crippen LogP contribution in [0.4, 0.5) is 22.4 Å². The number of rotatable bonds is 8. The summed E-state index contributed by atoms with van der Waals surface area (Å²) in [6.07, 6.45) is -5.52. The highest BCUT2D eigenvalue weighted by Gasteiger charge is 2.51. The number of carbonyl (C=O) groups excluding carboxylic acids is 3. The van der Waals surface area contributed by atoms with E-state index in [4.69, 9.17) is 11.6 Å². The average Bonchev–Trinajstić information content (AvgIpc) is 3.08. The van der Waals surface area contributed by atoms with Crippen LogP contribution in [-0.4, -0.2) is 63.0 Å². The highest BCUT2D eigenvalue weighted by molar-refractivity contribution is 6.30. The summed E-state index contributed by atoms with van der Waals surface area (Å²) in [5, 5.41) is 6.34. The SMILES string of the molecule is O=C1[C@H](Cc2ccc(Cl)cc2)N2C(=O)CN(Cc3ccc(F)cc3)N(C(=O)NCc3ccccc3)[C@H]2CN1Cc1cccc(C(F)(F)F)c1. The molecule has 2 aliphatic rings. The lowest BCUT2D eigenvalue weighted by atomic mass is 9.98. The van der Waals surface area contributed by atoms with E-state index in [-0.39, 0.29) is 44.7 Å². The summed E-state index contributed by atoms with van der Waals surface area (Å²) >= 11 is 6.10. The van der Waals surface area contributed by atoms with Gasteiger partial charge in [0.05, 0.1) is 18.7 Å². The fraction of sp³-hybridized carbons (Fsp3) is 0.250. The fourth-order valence-corrected chi connectivity index (χ4v) is 6.37. The van der Waals surface area contributed by atoms with Gasteiger partial charge in [0.2, 0.25) is 11.8 Å². The minimum absolute atomic E-state index is 0.0680. The standard InChI is InChI=1S/C36H32ClF4N5O3/c37-29-13-9-24(10-14-29)18-31-34(48)43(20-27-7-4-8-28(17-27)36(39,40)41)22-32-45(31)33(47)23-44(21-26-11-15-30(38)16-12-26)46(32)35(49)42-19-25-5-2-1-3-6-25/h1-17,31-32H,18-23H2,(H,42,49)/t31-,32-/m0/s1. The van der Waals surface area contributed by atoms with Crippen molar-refractivity contribution in [1.29, 1.82) is 0 Å². The van der Waals surface area contributed by atoms with Gasteiger partial charge in [0.15, 0.2) is 0 Å². The van der Waals surface area contributed by atoms with Crippen molar-refractivity contribution in [3.63, 3.8) is 0 Å². The van der Waals surface area contributed by atoms with Crippen LogP contribution in [0.25, 0.3) is 0 Å². The lowest BCUT2D eigenvalue weighted by Crippen LogP contribution is -2.76. The number of carbonyl (C=O) groups is 3. The Morgan fingerprint density at radius 2 is 1.49 bits per heavy atom. The molecule has 0 bridgehead atoms. The first kappa shape index (κ1) is 33.9. The van der Waals surface area contributed by atoms with E-state index in [0.29, 0.717) is 16.1 Å². The molecule has 2 fully saturated rings. The van der Waals surface area contributed by atoms with E-state index >= 15 is 0 Å². The van der Waals surface area contributed by atoms with Crippen molar-refractivity contribution in [3.05, 3.63) is 142 Å². The Morgan fingerprint density at radius 3 is 2.18 bits per heavy atom. The molecule has 2 atom stereocenters. The number of hydrogen-bond acceptors (Lipinski definition) is 4. The van der Waals surface area contributed by atoms with Gasteiger partial charge < -0.3 is 15.1 Å². The van der Waals surface area contributed by atoms with Gasteiger partial charge in [-0.05, 0) is 58.7 Å². The Labute approximate surface area is 285 Å². The number of amides is 4. The second-order valence-electron chi connectivity index (χ2n) is 12.0. The summed E-state index contributed by atoms with van der Waals surface area (Å²) in [6.45, 7) is -0.377. The number of alkyl halides is 3. The van der Waals surface area contributed by atoms with Crippen LogP contribution in [0.3, 0.4) is 0 Å². The maximum atomic E-state index is 14.2. The fourth-order valence-electron chi connectivity index (χ4n) is 6.24. The Balaban J connectivity index is 1.38. The van der Waals surface area contributed by atoms with E-state index in [9.17, 15) is 31.9 Å². The van der Waals surface area contributed by atoms with Crippen LogP contribution >= 0.6 is 11.6 Å². The van der Waals surface area contributed by atoms with Gasteiger partial charge in [-0.2, -0.15) is 13.2 Å². The zero-order valence-corrected chi connectivity index (χ0v) is 26.9. The van der Waals surface area contributed by atoms with Gasteiger partial charge in [0, 0.05) is 31.1 Å². The molecule has 13 heteroatoms. The van der Waals surface area contributed by atoms with Crippen LogP contribution in [0.5, 0.6) is 0 Å². The third-order valence-corrected chi connectivity index (χ3v) is 8.83. The summed E-state index contributed by atoms with van der Waals surface area (Å²) in [4.78, 5) is 45.1. The number of hydrogen-bond donors (Lipinski definition) is 1. The van der Waals surface area contributed by atoms with Crippen LogP contribution in [0.15, 0.2) is 103 Å². The topological polar surface area (TPSA) is 76.2 Å². The number of halogens is 5. The minimum atomic E-state index is -4.58. The first-order valence-electron chi connectivity index (χ1n) is 15.6. The minimum Gasteiger partial charge on any atom is -0.333 e. The molecule has 4 amide bonds. The van der Waals surface area contributed by atoms with Crippen LogP contribution in [0.1, 0.15) is 27.8 Å². The zero-order chi connectivity index (χ0) is 34.7. The molecular formula is C36H32ClF4N5O3. The van der Waals surface area contributed by atoms with Gasteiger partial charge in [0.25, 0.3) is 0 Å². The monoisotopic (exact) mass is 693 g/mol. The summed E-state index contributed by atoms with van der Waals surface area (Å²) in [5.74, 6) is -1.32. The van der Waals surface area contributed by atoms with E-state index < -0.39 is 47.6 Å². The highest BCUT2D eigenvalue weighted by atomic mass is 35.5. The van der Waals surface area contributed by atoms with Crippen molar-refractivity contribution in [1.82, 2.24) is 25.1 Å². The number of hydrazine groups is 1. The van der Waals surface area contributed by atoms with Crippen LogP contribution in [-0.2, 0) is 41.8 Å². The Morgan fingerprint density at radius 1 is 0.816 bits per heavy atom. The van der Waals surface area contributed by atoms with Gasteiger partial charge in [-0.25, -0.2) is 19.2 Å². The molecule has 0 unspecified atom stereocenters. The molecule has 0 radical (unpaired) electrons. The molecule has 0 saturated carbocycles. The quantitative estimate of drug-likeness (QED) is 0.222. The number of benzene rings is 4. The summed E-state index contributed by atoms with van der Waals surface area (Å²) in [5.41, 5.74) is 1.55. The molecule has 49 heavy (non-hydrogen) atoms. The summed E-state index contributed by atoms with van der Waals surface area (Å²) in [7, 11) is 0. The third-order valence-electron chi connectivity index (χ3n) is 8.57. The molecule has 1 N–H and O–H groups in total. The maximum Gasteiger partial charge on any atom is 0.416 e. The summed E-state index contributed by atoms with van der Waals surface area (Å²) < 4.78 is 54.5. The predicted octanol–water partition coefficient (Wildman–Crippen LogP) is 6.25. The second kappa shape index (κ2) is 14.3. The zero-order valence-electron chi connectivity index (χ0n) is 26.1. The van der Waals surface area contributed by atoms with Crippen LogP contribution in [0, 0.1) is 5.82 Å². The number of piperazine rings is 1. The largest absolute Gasteiger partial charge is 0.416 e. The maximum absolute atomic E-state index is 14.2. The molecule has 0 aromatic heterocycles. The third kappa shape index (κ3) is 7.87. The van der Waals surface area contributed by atoms with Gasteiger partial charge in [-0.15, -0.1) is 0 Å². The molecule has 0 spiro atoms. The van der Waals surface area contributed by atoms with Crippen LogP contribution < -0.4 is 5.32 Å². The molecule has 2 heterocycles. The molecule has 2 aliphatic heterocycles. The number of urea groups is 1. The molecule has 6 rings (SSSR count). The van der Waals surface area contributed by atoms with Gasteiger partial charge in [-0.1, -0.05) is 78.3 Å². The Kier molecular flexibility index (Phi) is 9.89. The molecule has 254 valence electrons. The molecule has 8 nitrogen and oxygen atoms in total. The summed E-state index contributed by atoms with van der Waals surface area (Å²) in [6, 6.07) is 24.8. The highest BCUT2D eigenvalue weighted by Crippen LogP contribution is 2.32. The van der Waals surface area contributed by atoms with E-state index in [1.165, 1.54) is 39.1 Å². The van der Waals surface area contributed by atoms with Crippen molar-refractivity contribution >= 4 is 29.4 Å². The lowest BCUT2D eigenvalue weighted by Gasteiger charge is -2.55. The van der Waals surface area contributed by atoms with Gasteiger partial charge in [-0.3, -0.25) is 9.59 Å². The molecule has 4 aromatic rings.